The molecule has 2 aliphatic rings. The van der Waals surface area contributed by atoms with E-state index in [0.29, 0.717) is 12.0 Å². The van der Waals surface area contributed by atoms with Gasteiger partial charge in [0.15, 0.2) is 11.6 Å². The Morgan fingerprint density at radius 2 is 1.96 bits per heavy atom. The molecule has 4 nitrogen and oxygen atoms in total. The highest BCUT2D eigenvalue weighted by atomic mass is 19.1. The van der Waals surface area contributed by atoms with Gasteiger partial charge in [-0.2, -0.15) is 0 Å². The fourth-order valence-corrected chi connectivity index (χ4v) is 3.80. The quantitative estimate of drug-likeness (QED) is 0.747. The lowest BCUT2D eigenvalue weighted by Gasteiger charge is -2.45. The Labute approximate surface area is 152 Å². The van der Waals surface area contributed by atoms with Gasteiger partial charge in [-0.1, -0.05) is 6.08 Å². The predicted octanol–water partition coefficient (Wildman–Crippen LogP) is 4.92. The van der Waals surface area contributed by atoms with E-state index in [2.05, 4.69) is 0 Å². The second kappa shape index (κ2) is 6.89. The van der Waals surface area contributed by atoms with Crippen molar-refractivity contribution in [3.05, 3.63) is 35.4 Å². The summed E-state index contributed by atoms with van der Waals surface area (Å²) in [5.41, 5.74) is -0.0427. The summed E-state index contributed by atoms with van der Waals surface area (Å²) in [6.07, 6.45) is 4.36. The van der Waals surface area contributed by atoms with Crippen molar-refractivity contribution in [3.8, 4) is 5.75 Å². The predicted molar refractivity (Wildman–Crippen MR) is 95.0 cm³/mol. The van der Waals surface area contributed by atoms with Crippen molar-refractivity contribution in [1.29, 1.82) is 0 Å². The van der Waals surface area contributed by atoms with Gasteiger partial charge in [0.1, 0.15) is 11.4 Å². The van der Waals surface area contributed by atoms with Gasteiger partial charge in [0, 0.05) is 6.04 Å². The normalized spacial score (nSPS) is 22.7. The first-order valence-electron chi connectivity index (χ1n) is 8.95. The first kappa shape index (κ1) is 18.7. The summed E-state index contributed by atoms with van der Waals surface area (Å²) in [7, 11) is 1.36. The van der Waals surface area contributed by atoms with E-state index >= 15 is 0 Å². The van der Waals surface area contributed by atoms with Gasteiger partial charge in [-0.3, -0.25) is 4.90 Å². The zero-order valence-electron chi connectivity index (χ0n) is 15.6. The van der Waals surface area contributed by atoms with E-state index in [4.69, 9.17) is 9.47 Å². The number of piperidine rings is 1. The summed E-state index contributed by atoms with van der Waals surface area (Å²) in [6, 6.07) is 2.17. The van der Waals surface area contributed by atoms with Gasteiger partial charge in [-0.25, -0.2) is 13.6 Å². The van der Waals surface area contributed by atoms with E-state index in [1.54, 1.807) is 11.0 Å². The molecular formula is C20H25F2NO3. The van der Waals surface area contributed by atoms with Gasteiger partial charge in [-0.15, -0.1) is 0 Å². The first-order valence-corrected chi connectivity index (χ1v) is 8.95. The average molecular weight is 365 g/mol. The number of hydrogen-bond donors (Lipinski definition) is 0. The average Bonchev–Trinajstić information content (AvgIpc) is 2.52. The third-order valence-electron chi connectivity index (χ3n) is 4.84. The van der Waals surface area contributed by atoms with Crippen molar-refractivity contribution in [2.75, 3.05) is 7.11 Å². The summed E-state index contributed by atoms with van der Waals surface area (Å²) in [6.45, 7) is 5.48. The summed E-state index contributed by atoms with van der Waals surface area (Å²) in [5.74, 6) is -1.29. The molecule has 0 aromatic heterocycles. The molecule has 2 aliphatic heterocycles. The second-order valence-corrected chi connectivity index (χ2v) is 7.87. The van der Waals surface area contributed by atoms with Crippen LogP contribution in [0.5, 0.6) is 5.75 Å². The zero-order valence-corrected chi connectivity index (χ0v) is 15.6. The number of methoxy groups -OCH3 is 1. The van der Waals surface area contributed by atoms with Gasteiger partial charge in [-0.05, 0) is 64.2 Å². The van der Waals surface area contributed by atoms with E-state index in [1.165, 1.54) is 19.2 Å². The van der Waals surface area contributed by atoms with Crippen molar-refractivity contribution >= 4 is 11.7 Å². The molecule has 6 heteroatoms. The van der Waals surface area contributed by atoms with Crippen molar-refractivity contribution in [2.45, 2.75) is 64.1 Å². The van der Waals surface area contributed by atoms with Crippen LogP contribution in [0.25, 0.3) is 5.57 Å². The lowest BCUT2D eigenvalue weighted by Crippen LogP contribution is -2.53. The Bertz CT molecular complexity index is 739. The molecule has 2 unspecified atom stereocenters. The summed E-state index contributed by atoms with van der Waals surface area (Å²) < 4.78 is 39.5. The first-order chi connectivity index (χ1) is 12.2. The monoisotopic (exact) mass is 365 g/mol. The Morgan fingerprint density at radius 3 is 2.58 bits per heavy atom. The molecule has 2 heterocycles. The van der Waals surface area contributed by atoms with Crippen molar-refractivity contribution < 1.29 is 23.0 Å². The Balaban J connectivity index is 1.96. The largest absolute Gasteiger partial charge is 0.494 e. The van der Waals surface area contributed by atoms with Crippen LogP contribution in [-0.2, 0) is 4.74 Å². The lowest BCUT2D eigenvalue weighted by atomic mass is 9.82. The summed E-state index contributed by atoms with van der Waals surface area (Å²) in [4.78, 5) is 14.3. The van der Waals surface area contributed by atoms with Gasteiger partial charge < -0.3 is 9.47 Å². The minimum atomic E-state index is -0.692. The highest BCUT2D eigenvalue weighted by molar-refractivity contribution is 5.75. The number of amides is 1. The van der Waals surface area contributed by atoms with E-state index < -0.39 is 17.2 Å². The molecule has 26 heavy (non-hydrogen) atoms. The molecule has 2 atom stereocenters. The van der Waals surface area contributed by atoms with Crippen LogP contribution in [-0.4, -0.2) is 35.8 Å². The van der Waals surface area contributed by atoms with E-state index in [1.807, 2.05) is 20.8 Å². The Hall–Kier alpha value is -2.11. The summed E-state index contributed by atoms with van der Waals surface area (Å²) in [5, 5.41) is 0. The third-order valence-corrected chi connectivity index (χ3v) is 4.84. The second-order valence-electron chi connectivity index (χ2n) is 7.87. The van der Waals surface area contributed by atoms with E-state index in [-0.39, 0.29) is 29.5 Å². The molecule has 0 saturated carbocycles. The molecule has 1 aromatic carbocycles. The molecule has 1 aromatic rings. The van der Waals surface area contributed by atoms with Crippen LogP contribution in [0.15, 0.2) is 18.2 Å². The van der Waals surface area contributed by atoms with Gasteiger partial charge in [0.05, 0.1) is 18.7 Å². The highest BCUT2D eigenvalue weighted by Crippen LogP contribution is 2.40. The number of nitrogens with zero attached hydrogens (tertiary/aromatic N) is 1. The molecule has 1 amide bonds. The topological polar surface area (TPSA) is 38.8 Å². The van der Waals surface area contributed by atoms with Crippen molar-refractivity contribution in [2.24, 2.45) is 0 Å². The number of halogens is 2. The van der Waals surface area contributed by atoms with Gasteiger partial charge in [0.25, 0.3) is 0 Å². The molecule has 2 bridgehead atoms. The number of benzene rings is 1. The minimum Gasteiger partial charge on any atom is -0.494 e. The molecule has 0 aliphatic carbocycles. The molecule has 1 saturated heterocycles. The number of rotatable bonds is 2. The maximum Gasteiger partial charge on any atom is 0.411 e. The smallest absolute Gasteiger partial charge is 0.411 e. The van der Waals surface area contributed by atoms with Gasteiger partial charge in [0.2, 0.25) is 0 Å². The van der Waals surface area contributed by atoms with Crippen LogP contribution in [0.3, 0.4) is 0 Å². The highest BCUT2D eigenvalue weighted by Gasteiger charge is 2.40. The van der Waals surface area contributed by atoms with Crippen LogP contribution in [0.4, 0.5) is 13.6 Å². The number of fused-ring (bicyclic) bond motifs is 2. The molecular weight excluding hydrogens is 340 g/mol. The molecule has 1 fully saturated rings. The van der Waals surface area contributed by atoms with E-state index in [9.17, 15) is 13.6 Å². The minimum absolute atomic E-state index is 0.0158. The number of carbonyl (C=O) groups is 1. The Kier molecular flexibility index (Phi) is 4.95. The van der Waals surface area contributed by atoms with Crippen LogP contribution >= 0.6 is 0 Å². The maximum atomic E-state index is 14.7. The van der Waals surface area contributed by atoms with Crippen LogP contribution in [0.1, 0.15) is 52.0 Å². The van der Waals surface area contributed by atoms with Crippen molar-refractivity contribution in [3.63, 3.8) is 0 Å². The number of ether oxygens (including phenoxy) is 2. The molecule has 0 spiro atoms. The van der Waals surface area contributed by atoms with Crippen LogP contribution < -0.4 is 4.74 Å². The maximum absolute atomic E-state index is 14.7. The van der Waals surface area contributed by atoms with Gasteiger partial charge >= 0.3 is 6.09 Å². The fraction of sp³-hybridized carbons (Fsp3) is 0.550. The Morgan fingerprint density at radius 1 is 1.23 bits per heavy atom. The molecule has 0 N–H and O–H groups in total. The third kappa shape index (κ3) is 3.55. The molecule has 0 radical (unpaired) electrons. The lowest BCUT2D eigenvalue weighted by molar-refractivity contribution is 0.0000664. The van der Waals surface area contributed by atoms with E-state index in [0.717, 1.165) is 19.3 Å². The van der Waals surface area contributed by atoms with Crippen molar-refractivity contribution in [1.82, 2.24) is 4.90 Å². The van der Waals surface area contributed by atoms with Crippen LogP contribution in [0, 0.1) is 11.6 Å². The SMILES string of the molecule is COc1ccc(F)c(C2=CC3CCCC(C2)N3C(=O)OC(C)(C)C)c1F. The number of hydrogen-bond acceptors (Lipinski definition) is 3. The standard InChI is InChI=1S/C20H25F2NO3/c1-20(2,3)26-19(24)23-13-6-5-7-14(23)11-12(10-13)17-15(21)8-9-16(25-4)18(17)22/h8-10,13-14H,5-7,11H2,1-4H3. The molecule has 3 rings (SSSR count). The number of carbonyl (C=O) groups excluding carboxylic acids is 1. The van der Waals surface area contributed by atoms with Crippen LogP contribution in [0.2, 0.25) is 0 Å². The zero-order chi connectivity index (χ0) is 19.1. The fourth-order valence-electron chi connectivity index (χ4n) is 3.80. The molecule has 142 valence electrons. The summed E-state index contributed by atoms with van der Waals surface area (Å²) >= 11 is 0.